The number of carbonyl (C=O) groups excluding carboxylic acids is 1. The molecule has 0 unspecified atom stereocenters. The number of hydrogen-bond donors (Lipinski definition) is 2. The first-order valence-electron chi connectivity index (χ1n) is 7.98. The molecule has 2 rings (SSSR count). The third-order valence-corrected chi connectivity index (χ3v) is 3.85. The molecule has 2 N–H and O–H groups in total. The number of carbonyl (C=O) groups is 1. The summed E-state index contributed by atoms with van der Waals surface area (Å²) in [6.07, 6.45) is 0. The summed E-state index contributed by atoms with van der Waals surface area (Å²) in [5.74, 6) is -0.516. The fraction of sp³-hybridized carbons (Fsp3) is 0.389. The van der Waals surface area contributed by atoms with E-state index in [1.807, 2.05) is 19.0 Å². The minimum absolute atomic E-state index is 0.0125. The molecule has 6 nitrogen and oxygen atoms in total. The van der Waals surface area contributed by atoms with Gasteiger partial charge in [-0.3, -0.25) is 4.79 Å². The zero-order valence-electron chi connectivity index (χ0n) is 15.0. The molecule has 2 aromatic rings. The molecule has 0 aromatic heterocycles. The molecule has 1 amide bonds. The van der Waals surface area contributed by atoms with Crippen LogP contribution in [-0.4, -0.2) is 63.8 Å². The molecule has 0 aliphatic heterocycles. The summed E-state index contributed by atoms with van der Waals surface area (Å²) in [7, 11) is 6.95. The standard InChI is InChI=1S/C18H24FN3O3/c1-20-16(24)11-22(4)18-15(23)9-12-5-6-13(10-14(12)17(18)19)25-8-7-21(2)3/h5-6,9-10,23H,7-8,11H2,1-4H3,(H,20,24). The molecular formula is C18H24FN3O3. The SMILES string of the molecule is CNC(=O)CN(C)c1c(O)cc2ccc(OCCN(C)C)cc2c1F. The monoisotopic (exact) mass is 349 g/mol. The number of aromatic hydroxyl groups is 1. The number of phenols is 1. The lowest BCUT2D eigenvalue weighted by molar-refractivity contribution is -0.119. The number of anilines is 1. The van der Waals surface area contributed by atoms with Crippen LogP contribution in [0.4, 0.5) is 10.1 Å². The Balaban J connectivity index is 2.35. The Morgan fingerprint density at radius 1 is 1.28 bits per heavy atom. The van der Waals surface area contributed by atoms with Gasteiger partial charge in [-0.05, 0) is 37.7 Å². The number of likely N-dealkylation sites (N-methyl/N-ethyl adjacent to an activating group) is 3. The number of halogens is 1. The molecule has 0 spiro atoms. The highest BCUT2D eigenvalue weighted by atomic mass is 19.1. The maximum Gasteiger partial charge on any atom is 0.239 e. The molecule has 7 heteroatoms. The van der Waals surface area contributed by atoms with Gasteiger partial charge in [-0.1, -0.05) is 6.07 Å². The predicted octanol–water partition coefficient (Wildman–Crippen LogP) is 1.81. The smallest absolute Gasteiger partial charge is 0.239 e. The summed E-state index contributed by atoms with van der Waals surface area (Å²) < 4.78 is 20.6. The van der Waals surface area contributed by atoms with Crippen molar-refractivity contribution in [2.24, 2.45) is 0 Å². The summed E-state index contributed by atoms with van der Waals surface area (Å²) in [4.78, 5) is 14.9. The van der Waals surface area contributed by atoms with E-state index in [9.17, 15) is 14.3 Å². The second kappa shape index (κ2) is 8.02. The van der Waals surface area contributed by atoms with Gasteiger partial charge in [0.25, 0.3) is 0 Å². The van der Waals surface area contributed by atoms with Crippen LogP contribution in [0.2, 0.25) is 0 Å². The second-order valence-electron chi connectivity index (χ2n) is 6.12. The number of fused-ring (bicyclic) bond motifs is 1. The molecule has 25 heavy (non-hydrogen) atoms. The van der Waals surface area contributed by atoms with Crippen LogP contribution in [0.5, 0.6) is 11.5 Å². The van der Waals surface area contributed by atoms with E-state index in [0.717, 1.165) is 6.54 Å². The fourth-order valence-corrected chi connectivity index (χ4v) is 2.48. The van der Waals surface area contributed by atoms with Crippen molar-refractivity contribution in [3.8, 4) is 11.5 Å². The zero-order chi connectivity index (χ0) is 18.6. The van der Waals surface area contributed by atoms with Crippen LogP contribution in [0.1, 0.15) is 0 Å². The van der Waals surface area contributed by atoms with Crippen molar-refractivity contribution >= 4 is 22.4 Å². The average molecular weight is 349 g/mol. The van der Waals surface area contributed by atoms with Crippen molar-refractivity contribution in [2.45, 2.75) is 0 Å². The first-order chi connectivity index (χ1) is 11.8. The highest BCUT2D eigenvalue weighted by Crippen LogP contribution is 2.37. The van der Waals surface area contributed by atoms with Gasteiger partial charge in [-0.25, -0.2) is 4.39 Å². The van der Waals surface area contributed by atoms with Crippen LogP contribution in [-0.2, 0) is 4.79 Å². The number of phenolic OH excluding ortho intramolecular Hbond substituents is 1. The van der Waals surface area contributed by atoms with E-state index < -0.39 is 5.82 Å². The van der Waals surface area contributed by atoms with E-state index >= 15 is 0 Å². The summed E-state index contributed by atoms with van der Waals surface area (Å²) in [5, 5.41) is 13.5. The van der Waals surface area contributed by atoms with Gasteiger partial charge in [0.05, 0.1) is 6.54 Å². The third kappa shape index (κ3) is 4.51. The molecule has 0 fully saturated rings. The Labute approximate surface area is 146 Å². The van der Waals surface area contributed by atoms with Gasteiger partial charge in [0, 0.05) is 26.0 Å². The quantitative estimate of drug-likeness (QED) is 0.798. The molecule has 0 bridgehead atoms. The Kier molecular flexibility index (Phi) is 6.03. The van der Waals surface area contributed by atoms with E-state index in [0.29, 0.717) is 23.1 Å². The first kappa shape index (κ1) is 18.8. The molecular weight excluding hydrogens is 325 g/mol. The van der Waals surface area contributed by atoms with Crippen LogP contribution in [0.25, 0.3) is 10.8 Å². The van der Waals surface area contributed by atoms with Gasteiger partial charge < -0.3 is 25.0 Å². The molecule has 0 aliphatic rings. The van der Waals surface area contributed by atoms with Crippen molar-refractivity contribution in [1.82, 2.24) is 10.2 Å². The number of hydrogen-bond acceptors (Lipinski definition) is 5. The van der Waals surface area contributed by atoms with Gasteiger partial charge in [-0.2, -0.15) is 0 Å². The zero-order valence-corrected chi connectivity index (χ0v) is 15.0. The predicted molar refractivity (Wildman–Crippen MR) is 97.0 cm³/mol. The van der Waals surface area contributed by atoms with E-state index in [1.54, 1.807) is 25.2 Å². The van der Waals surface area contributed by atoms with Crippen molar-refractivity contribution in [3.63, 3.8) is 0 Å². The number of ether oxygens (including phenoxy) is 1. The van der Waals surface area contributed by atoms with Gasteiger partial charge in [-0.15, -0.1) is 0 Å². The Bertz CT molecular complexity index is 765. The molecule has 0 radical (unpaired) electrons. The minimum Gasteiger partial charge on any atom is -0.506 e. The number of amides is 1. The lowest BCUT2D eigenvalue weighted by atomic mass is 10.1. The maximum atomic E-state index is 15.0. The van der Waals surface area contributed by atoms with Gasteiger partial charge in [0.1, 0.15) is 23.8 Å². The van der Waals surface area contributed by atoms with E-state index in [1.165, 1.54) is 18.0 Å². The number of rotatable bonds is 7. The van der Waals surface area contributed by atoms with Crippen molar-refractivity contribution in [3.05, 3.63) is 30.1 Å². The van der Waals surface area contributed by atoms with Crippen LogP contribution in [0.15, 0.2) is 24.3 Å². The van der Waals surface area contributed by atoms with E-state index in [4.69, 9.17) is 4.74 Å². The molecule has 2 aromatic carbocycles. The molecule has 136 valence electrons. The minimum atomic E-state index is -0.584. The summed E-state index contributed by atoms with van der Waals surface area (Å²) in [5.41, 5.74) is -0.0125. The third-order valence-electron chi connectivity index (χ3n) is 3.85. The summed E-state index contributed by atoms with van der Waals surface area (Å²) >= 11 is 0. The van der Waals surface area contributed by atoms with E-state index in [-0.39, 0.29) is 23.9 Å². The maximum absolute atomic E-state index is 15.0. The molecule has 0 aliphatic carbocycles. The normalized spacial score (nSPS) is 11.0. The Hall–Kier alpha value is -2.54. The Morgan fingerprint density at radius 2 is 2.00 bits per heavy atom. The largest absolute Gasteiger partial charge is 0.506 e. The van der Waals surface area contributed by atoms with Crippen LogP contribution < -0.4 is 15.0 Å². The molecule has 0 saturated heterocycles. The fourth-order valence-electron chi connectivity index (χ4n) is 2.48. The summed E-state index contributed by atoms with van der Waals surface area (Å²) in [6.45, 7) is 1.17. The van der Waals surface area contributed by atoms with Gasteiger partial charge in [0.15, 0.2) is 5.82 Å². The molecule has 0 heterocycles. The van der Waals surface area contributed by atoms with Crippen LogP contribution in [0, 0.1) is 5.82 Å². The lowest BCUT2D eigenvalue weighted by Gasteiger charge is -2.21. The van der Waals surface area contributed by atoms with Crippen LogP contribution in [0.3, 0.4) is 0 Å². The molecule has 0 saturated carbocycles. The van der Waals surface area contributed by atoms with Crippen molar-refractivity contribution < 1.29 is 19.0 Å². The highest BCUT2D eigenvalue weighted by molar-refractivity contribution is 5.92. The van der Waals surface area contributed by atoms with Crippen molar-refractivity contribution in [1.29, 1.82) is 0 Å². The topological polar surface area (TPSA) is 65.0 Å². The molecule has 0 atom stereocenters. The number of nitrogens with one attached hydrogen (secondary N) is 1. The first-order valence-corrected chi connectivity index (χ1v) is 7.98. The van der Waals surface area contributed by atoms with E-state index in [2.05, 4.69) is 5.32 Å². The number of benzene rings is 2. The Morgan fingerprint density at radius 3 is 2.64 bits per heavy atom. The number of nitrogens with zero attached hydrogens (tertiary/aromatic N) is 2. The van der Waals surface area contributed by atoms with Gasteiger partial charge in [0.2, 0.25) is 5.91 Å². The van der Waals surface area contributed by atoms with Gasteiger partial charge >= 0.3 is 0 Å². The average Bonchev–Trinajstić information content (AvgIpc) is 2.54. The van der Waals surface area contributed by atoms with Crippen molar-refractivity contribution in [2.75, 3.05) is 52.8 Å². The highest BCUT2D eigenvalue weighted by Gasteiger charge is 2.19. The second-order valence-corrected chi connectivity index (χ2v) is 6.12. The lowest BCUT2D eigenvalue weighted by Crippen LogP contribution is -2.33. The van der Waals surface area contributed by atoms with Crippen LogP contribution >= 0.6 is 0 Å². The summed E-state index contributed by atoms with van der Waals surface area (Å²) in [6, 6.07) is 6.53.